The summed E-state index contributed by atoms with van der Waals surface area (Å²) in [6, 6.07) is 0. The largest absolute Gasteiger partial charge is 0.462 e. The number of rotatable bonds is 57. The highest BCUT2D eigenvalue weighted by molar-refractivity contribution is 5.70. The molecule has 0 saturated carbocycles. The molecule has 0 radical (unpaired) electrons. The molecule has 0 amide bonds. The van der Waals surface area contributed by atoms with Gasteiger partial charge in [0.25, 0.3) is 0 Å². The van der Waals surface area contributed by atoms with Gasteiger partial charge in [0.15, 0.2) is 6.10 Å². The Hall–Kier alpha value is -1.36. The zero-order chi connectivity index (χ0) is 47.7. The molecule has 0 saturated heterocycles. The lowest BCUT2D eigenvalue weighted by Gasteiger charge is -2.18. The average Bonchev–Trinajstić information content (AvgIpc) is 3.32. The molecule has 5 nitrogen and oxygen atoms in total. The van der Waals surface area contributed by atoms with Crippen LogP contribution in [0.5, 0.6) is 0 Å². The fourth-order valence-corrected chi connectivity index (χ4v) is 9.27. The molecule has 0 aromatic rings. The van der Waals surface area contributed by atoms with Crippen LogP contribution in [0.4, 0.5) is 0 Å². The van der Waals surface area contributed by atoms with Crippen LogP contribution in [0.2, 0.25) is 0 Å². The van der Waals surface area contributed by atoms with Gasteiger partial charge in [0, 0.05) is 19.4 Å². The molecule has 0 rings (SSSR count). The van der Waals surface area contributed by atoms with E-state index in [9.17, 15) is 9.59 Å². The zero-order valence-electron chi connectivity index (χ0n) is 45.2. The molecule has 0 aliphatic carbocycles. The summed E-state index contributed by atoms with van der Waals surface area (Å²) < 4.78 is 17.5. The Kier molecular flexibility index (Phi) is 56.8. The maximum absolute atomic E-state index is 12.9. The van der Waals surface area contributed by atoms with Gasteiger partial charge in [-0.05, 0) is 44.9 Å². The van der Waals surface area contributed by atoms with Gasteiger partial charge in [0.05, 0.1) is 6.61 Å². The lowest BCUT2D eigenvalue weighted by Crippen LogP contribution is -2.30. The Morgan fingerprint density at radius 3 is 0.924 bits per heavy atom. The number of hydrogen-bond donors (Lipinski definition) is 0. The van der Waals surface area contributed by atoms with E-state index in [-0.39, 0.29) is 18.5 Å². The van der Waals surface area contributed by atoms with E-state index in [4.69, 9.17) is 14.2 Å². The monoisotopic (exact) mass is 931 g/mol. The first kappa shape index (κ1) is 64.6. The summed E-state index contributed by atoms with van der Waals surface area (Å²) in [6.07, 6.45) is 68.1. The highest BCUT2D eigenvalue weighted by Gasteiger charge is 2.18. The van der Waals surface area contributed by atoms with Crippen molar-refractivity contribution in [1.29, 1.82) is 0 Å². The van der Waals surface area contributed by atoms with Crippen molar-refractivity contribution in [2.24, 2.45) is 0 Å². The van der Waals surface area contributed by atoms with Crippen LogP contribution < -0.4 is 0 Å². The summed E-state index contributed by atoms with van der Waals surface area (Å²) in [5.74, 6) is -0.379. The Labute approximate surface area is 414 Å². The number of carbonyl (C=O) groups is 2. The summed E-state index contributed by atoms with van der Waals surface area (Å²) in [6.45, 7) is 7.90. The standard InChI is InChI=1S/C61H118O5/c1-4-7-10-13-16-19-22-25-28-29-30-31-32-35-38-41-44-47-50-53-56-64-57-59(66-61(63)55-52-49-46-43-40-37-34-27-24-21-18-15-12-9-6-3)58-65-60(62)54-51-48-45-42-39-36-33-26-23-20-17-14-11-8-5-2/h26,33,59H,4-25,27-32,34-58H2,1-3H3/b33-26-. The zero-order valence-corrected chi connectivity index (χ0v) is 45.2. The molecule has 5 heteroatoms. The van der Waals surface area contributed by atoms with Gasteiger partial charge in [-0.25, -0.2) is 0 Å². The number of carbonyl (C=O) groups excluding carboxylic acids is 2. The molecule has 66 heavy (non-hydrogen) atoms. The van der Waals surface area contributed by atoms with Crippen molar-refractivity contribution in [1.82, 2.24) is 0 Å². The van der Waals surface area contributed by atoms with Gasteiger partial charge in [-0.2, -0.15) is 0 Å². The maximum atomic E-state index is 12.9. The Morgan fingerprint density at radius 1 is 0.318 bits per heavy atom. The van der Waals surface area contributed by atoms with Gasteiger partial charge in [-0.1, -0.05) is 296 Å². The molecule has 0 aliphatic heterocycles. The van der Waals surface area contributed by atoms with Crippen LogP contribution in [0.15, 0.2) is 12.2 Å². The fourth-order valence-electron chi connectivity index (χ4n) is 9.27. The first-order chi connectivity index (χ1) is 32.6. The minimum Gasteiger partial charge on any atom is -0.462 e. The predicted molar refractivity (Wildman–Crippen MR) is 289 cm³/mol. The second-order valence-electron chi connectivity index (χ2n) is 20.6. The summed E-state index contributed by atoms with van der Waals surface area (Å²) in [7, 11) is 0. The minimum absolute atomic E-state index is 0.0910. The molecule has 0 heterocycles. The van der Waals surface area contributed by atoms with E-state index < -0.39 is 6.10 Å². The van der Waals surface area contributed by atoms with E-state index in [1.165, 1.54) is 270 Å². The number of unbranched alkanes of at least 4 members (excludes halogenated alkanes) is 44. The molecule has 0 spiro atoms. The molecule has 1 unspecified atom stereocenters. The molecule has 1 atom stereocenters. The molecule has 0 fully saturated rings. The Balaban J connectivity index is 4.19. The summed E-state index contributed by atoms with van der Waals surface area (Å²) in [4.78, 5) is 25.5. The van der Waals surface area contributed by atoms with Crippen LogP contribution in [0.25, 0.3) is 0 Å². The highest BCUT2D eigenvalue weighted by Crippen LogP contribution is 2.17. The van der Waals surface area contributed by atoms with Crippen molar-refractivity contribution in [3.63, 3.8) is 0 Å². The molecule has 392 valence electrons. The van der Waals surface area contributed by atoms with Crippen molar-refractivity contribution in [3.8, 4) is 0 Å². The lowest BCUT2D eigenvalue weighted by molar-refractivity contribution is -0.163. The first-order valence-electron chi connectivity index (χ1n) is 30.2. The molecular weight excluding hydrogens is 813 g/mol. The van der Waals surface area contributed by atoms with Crippen molar-refractivity contribution < 1.29 is 23.8 Å². The third kappa shape index (κ3) is 55.2. The van der Waals surface area contributed by atoms with E-state index in [1.54, 1.807) is 0 Å². The fraction of sp³-hybridized carbons (Fsp3) is 0.934. The maximum Gasteiger partial charge on any atom is 0.306 e. The normalized spacial score (nSPS) is 12.1. The van der Waals surface area contributed by atoms with Crippen LogP contribution in [-0.2, 0) is 23.8 Å². The van der Waals surface area contributed by atoms with Gasteiger partial charge in [0.2, 0.25) is 0 Å². The van der Waals surface area contributed by atoms with E-state index in [0.717, 1.165) is 38.5 Å². The van der Waals surface area contributed by atoms with Crippen LogP contribution in [0, 0.1) is 0 Å². The van der Waals surface area contributed by atoms with Crippen molar-refractivity contribution in [2.45, 2.75) is 348 Å². The highest BCUT2D eigenvalue weighted by atomic mass is 16.6. The summed E-state index contributed by atoms with van der Waals surface area (Å²) >= 11 is 0. The topological polar surface area (TPSA) is 61.8 Å². The second kappa shape index (κ2) is 58.0. The molecule has 0 aromatic heterocycles. The molecule has 0 aliphatic rings. The van der Waals surface area contributed by atoms with Gasteiger partial charge in [-0.15, -0.1) is 0 Å². The third-order valence-corrected chi connectivity index (χ3v) is 13.8. The Bertz CT molecular complexity index is 963. The van der Waals surface area contributed by atoms with Crippen molar-refractivity contribution >= 4 is 11.9 Å². The van der Waals surface area contributed by atoms with Gasteiger partial charge in [-0.3, -0.25) is 9.59 Å². The van der Waals surface area contributed by atoms with Crippen LogP contribution >= 0.6 is 0 Å². The summed E-state index contributed by atoms with van der Waals surface area (Å²) in [5, 5.41) is 0. The van der Waals surface area contributed by atoms with Gasteiger partial charge >= 0.3 is 11.9 Å². The lowest BCUT2D eigenvalue weighted by atomic mass is 10.0. The number of allylic oxidation sites excluding steroid dienone is 2. The van der Waals surface area contributed by atoms with Gasteiger partial charge in [0.1, 0.15) is 6.61 Å². The number of ether oxygens (including phenoxy) is 3. The smallest absolute Gasteiger partial charge is 0.306 e. The Morgan fingerprint density at radius 2 is 0.591 bits per heavy atom. The van der Waals surface area contributed by atoms with E-state index in [2.05, 4.69) is 32.9 Å². The van der Waals surface area contributed by atoms with E-state index in [1.807, 2.05) is 0 Å². The van der Waals surface area contributed by atoms with Crippen molar-refractivity contribution in [2.75, 3.05) is 19.8 Å². The first-order valence-corrected chi connectivity index (χ1v) is 30.2. The van der Waals surface area contributed by atoms with Crippen LogP contribution in [0.3, 0.4) is 0 Å². The van der Waals surface area contributed by atoms with Crippen LogP contribution in [0.1, 0.15) is 342 Å². The minimum atomic E-state index is -0.531. The molecule has 0 N–H and O–H groups in total. The third-order valence-electron chi connectivity index (χ3n) is 13.8. The number of esters is 2. The van der Waals surface area contributed by atoms with E-state index >= 15 is 0 Å². The van der Waals surface area contributed by atoms with Crippen LogP contribution in [-0.4, -0.2) is 37.9 Å². The number of hydrogen-bond acceptors (Lipinski definition) is 5. The second-order valence-corrected chi connectivity index (χ2v) is 20.6. The average molecular weight is 932 g/mol. The quantitative estimate of drug-likeness (QED) is 0.0345. The molecule has 0 aromatic carbocycles. The predicted octanol–water partition coefficient (Wildman–Crippen LogP) is 20.6. The van der Waals surface area contributed by atoms with E-state index in [0.29, 0.717) is 26.1 Å². The molecule has 0 bridgehead atoms. The summed E-state index contributed by atoms with van der Waals surface area (Å²) in [5.41, 5.74) is 0. The SMILES string of the molecule is CCCCCCCC/C=C\CCCCCCCC(=O)OCC(COCCCCCCCCCCCCCCCCCCCCCC)OC(=O)CCCCCCCCCCCCCCCCC. The molecular formula is C61H118O5. The van der Waals surface area contributed by atoms with Crippen molar-refractivity contribution in [3.05, 3.63) is 12.2 Å². The van der Waals surface area contributed by atoms with Gasteiger partial charge < -0.3 is 14.2 Å².